The van der Waals surface area contributed by atoms with E-state index in [-0.39, 0.29) is 12.5 Å². The molecule has 29 heavy (non-hydrogen) atoms. The molecule has 2 aromatic heterocycles. The van der Waals surface area contributed by atoms with Crippen LogP contribution in [0.3, 0.4) is 0 Å². The molecule has 0 spiro atoms. The molecule has 0 atom stereocenters. The highest BCUT2D eigenvalue weighted by Gasteiger charge is 2.17. The quantitative estimate of drug-likeness (QED) is 0.495. The van der Waals surface area contributed by atoms with Crippen molar-refractivity contribution in [2.75, 3.05) is 6.61 Å². The maximum Gasteiger partial charge on any atom is 0.339 e. The number of aromatic nitrogens is 2. The molecule has 0 unspecified atom stereocenters. The first kappa shape index (κ1) is 18.8. The molecule has 0 aliphatic carbocycles. The second kappa shape index (κ2) is 8.62. The van der Waals surface area contributed by atoms with Crippen molar-refractivity contribution in [1.82, 2.24) is 15.3 Å². The summed E-state index contributed by atoms with van der Waals surface area (Å²) in [6, 6.07) is 18.6. The number of hydrogen-bond acceptors (Lipinski definition) is 6. The van der Waals surface area contributed by atoms with E-state index in [1.165, 1.54) is 11.3 Å². The number of rotatable bonds is 6. The Morgan fingerprint density at radius 2 is 1.83 bits per heavy atom. The molecular weight excluding hydrogens is 386 g/mol. The number of para-hydroxylation sites is 1. The highest BCUT2D eigenvalue weighted by atomic mass is 32.1. The summed E-state index contributed by atoms with van der Waals surface area (Å²) in [5.41, 5.74) is 2.82. The molecule has 0 aliphatic rings. The van der Waals surface area contributed by atoms with Gasteiger partial charge in [0.15, 0.2) is 6.61 Å². The summed E-state index contributed by atoms with van der Waals surface area (Å²) in [6.45, 7) is -0.0280. The highest BCUT2D eigenvalue weighted by Crippen LogP contribution is 2.32. The van der Waals surface area contributed by atoms with Crippen molar-refractivity contribution in [2.45, 2.75) is 6.54 Å². The fraction of sp³-hybridized carbons (Fsp3) is 0.0909. The number of carbonyl (C=O) groups is 2. The molecule has 2 aromatic carbocycles. The van der Waals surface area contributed by atoms with E-state index in [0.717, 1.165) is 20.8 Å². The number of carbonyl (C=O) groups excluding carboxylic acids is 2. The number of nitrogens with one attached hydrogen (secondary N) is 1. The molecule has 0 aliphatic heterocycles. The van der Waals surface area contributed by atoms with E-state index in [0.29, 0.717) is 17.7 Å². The minimum absolute atomic E-state index is 0.326. The fourth-order valence-electron chi connectivity index (χ4n) is 2.80. The van der Waals surface area contributed by atoms with Gasteiger partial charge in [-0.25, -0.2) is 9.78 Å². The van der Waals surface area contributed by atoms with Gasteiger partial charge in [-0.05, 0) is 29.8 Å². The van der Waals surface area contributed by atoms with Crippen LogP contribution in [0.4, 0.5) is 0 Å². The number of pyridine rings is 1. The number of esters is 1. The Morgan fingerprint density at radius 3 is 2.66 bits per heavy atom. The number of nitrogens with zero attached hydrogens (tertiary/aromatic N) is 2. The summed E-state index contributed by atoms with van der Waals surface area (Å²) in [5.74, 6) is -0.934. The Morgan fingerprint density at radius 1 is 1.00 bits per heavy atom. The van der Waals surface area contributed by atoms with Gasteiger partial charge in [0.25, 0.3) is 5.91 Å². The summed E-state index contributed by atoms with van der Waals surface area (Å²) in [5, 5.41) is 3.44. The van der Waals surface area contributed by atoms with Gasteiger partial charge in [-0.1, -0.05) is 36.4 Å². The van der Waals surface area contributed by atoms with Crippen LogP contribution in [-0.4, -0.2) is 28.5 Å². The lowest BCUT2D eigenvalue weighted by Crippen LogP contribution is -2.28. The van der Waals surface area contributed by atoms with Gasteiger partial charge in [0.2, 0.25) is 0 Å². The Bertz CT molecular complexity index is 1130. The molecule has 0 saturated heterocycles. The van der Waals surface area contributed by atoms with Crippen molar-refractivity contribution in [3.8, 4) is 10.6 Å². The number of amides is 1. The van der Waals surface area contributed by atoms with Crippen molar-refractivity contribution in [2.24, 2.45) is 0 Å². The van der Waals surface area contributed by atoms with Crippen molar-refractivity contribution >= 4 is 33.4 Å². The van der Waals surface area contributed by atoms with E-state index in [1.54, 1.807) is 30.6 Å². The Balaban J connectivity index is 1.43. The predicted molar refractivity (Wildman–Crippen MR) is 111 cm³/mol. The third-order valence-electron chi connectivity index (χ3n) is 4.22. The van der Waals surface area contributed by atoms with Crippen LogP contribution in [0.2, 0.25) is 0 Å². The van der Waals surface area contributed by atoms with Crippen molar-refractivity contribution in [3.05, 3.63) is 84.2 Å². The zero-order chi connectivity index (χ0) is 20.1. The van der Waals surface area contributed by atoms with Crippen molar-refractivity contribution < 1.29 is 14.3 Å². The average Bonchev–Trinajstić information content (AvgIpc) is 3.21. The van der Waals surface area contributed by atoms with Crippen LogP contribution < -0.4 is 5.32 Å². The SMILES string of the molecule is O=C(COC(=O)c1ccccc1-c1nc2ccccc2s1)NCc1cccnc1. The van der Waals surface area contributed by atoms with E-state index < -0.39 is 5.97 Å². The van der Waals surface area contributed by atoms with Gasteiger partial charge in [-0.2, -0.15) is 0 Å². The molecule has 1 amide bonds. The van der Waals surface area contributed by atoms with Crippen LogP contribution >= 0.6 is 11.3 Å². The normalized spacial score (nSPS) is 10.6. The lowest BCUT2D eigenvalue weighted by atomic mass is 10.1. The molecular formula is C22H17N3O3S. The number of thiazole rings is 1. The Hall–Kier alpha value is -3.58. The molecule has 7 heteroatoms. The lowest BCUT2D eigenvalue weighted by Gasteiger charge is -2.08. The van der Waals surface area contributed by atoms with Gasteiger partial charge in [0, 0.05) is 24.5 Å². The number of benzene rings is 2. The van der Waals surface area contributed by atoms with Crippen LogP contribution in [0, 0.1) is 0 Å². The monoisotopic (exact) mass is 403 g/mol. The average molecular weight is 403 g/mol. The summed E-state index contributed by atoms with van der Waals surface area (Å²) in [7, 11) is 0. The fourth-order valence-corrected chi connectivity index (χ4v) is 3.80. The first-order valence-corrected chi connectivity index (χ1v) is 9.80. The van der Waals surface area contributed by atoms with Crippen LogP contribution in [0.25, 0.3) is 20.8 Å². The van der Waals surface area contributed by atoms with E-state index in [9.17, 15) is 9.59 Å². The first-order chi connectivity index (χ1) is 14.2. The van der Waals surface area contributed by atoms with Gasteiger partial charge in [-0.15, -0.1) is 11.3 Å². The topological polar surface area (TPSA) is 81.2 Å². The van der Waals surface area contributed by atoms with Gasteiger partial charge in [0.1, 0.15) is 5.01 Å². The number of ether oxygens (including phenoxy) is 1. The molecule has 0 radical (unpaired) electrons. The second-order valence-corrected chi connectivity index (χ2v) is 7.28. The minimum Gasteiger partial charge on any atom is -0.452 e. The van der Waals surface area contributed by atoms with Gasteiger partial charge >= 0.3 is 5.97 Å². The third-order valence-corrected chi connectivity index (χ3v) is 5.29. The number of hydrogen-bond donors (Lipinski definition) is 1. The number of fused-ring (bicyclic) bond motifs is 1. The Labute approximate surface area is 171 Å². The molecule has 0 bridgehead atoms. The van der Waals surface area contributed by atoms with Crippen LogP contribution in [0.1, 0.15) is 15.9 Å². The summed E-state index contributed by atoms with van der Waals surface area (Å²) in [6.07, 6.45) is 3.33. The zero-order valence-electron chi connectivity index (χ0n) is 15.4. The predicted octanol–water partition coefficient (Wildman–Crippen LogP) is 3.83. The molecule has 0 saturated carbocycles. The lowest BCUT2D eigenvalue weighted by molar-refractivity contribution is -0.124. The molecule has 4 rings (SSSR count). The maximum absolute atomic E-state index is 12.6. The van der Waals surface area contributed by atoms with E-state index in [4.69, 9.17) is 4.74 Å². The third kappa shape index (κ3) is 4.47. The standard InChI is InChI=1S/C22H17N3O3S/c26-20(24-13-15-6-5-11-23-12-15)14-28-22(27)17-8-2-1-7-16(17)21-25-18-9-3-4-10-19(18)29-21/h1-12H,13-14H2,(H,24,26). The minimum atomic E-state index is -0.559. The molecule has 144 valence electrons. The van der Waals surface area contributed by atoms with E-state index in [1.807, 2.05) is 42.5 Å². The Kier molecular flexibility index (Phi) is 5.58. The van der Waals surface area contributed by atoms with Crippen LogP contribution in [-0.2, 0) is 16.1 Å². The molecule has 4 aromatic rings. The van der Waals surface area contributed by atoms with E-state index in [2.05, 4.69) is 15.3 Å². The molecule has 2 heterocycles. The first-order valence-electron chi connectivity index (χ1n) is 8.98. The van der Waals surface area contributed by atoms with Crippen molar-refractivity contribution in [1.29, 1.82) is 0 Å². The maximum atomic E-state index is 12.6. The molecule has 0 fully saturated rings. The van der Waals surface area contributed by atoms with Crippen LogP contribution in [0.15, 0.2) is 73.1 Å². The summed E-state index contributed by atoms with van der Waals surface area (Å²) in [4.78, 5) is 33.2. The summed E-state index contributed by atoms with van der Waals surface area (Å²) < 4.78 is 6.27. The van der Waals surface area contributed by atoms with Crippen molar-refractivity contribution in [3.63, 3.8) is 0 Å². The summed E-state index contributed by atoms with van der Waals surface area (Å²) >= 11 is 1.51. The molecule has 1 N–H and O–H groups in total. The van der Waals surface area contributed by atoms with Gasteiger partial charge in [0.05, 0.1) is 15.8 Å². The second-order valence-electron chi connectivity index (χ2n) is 6.25. The highest BCUT2D eigenvalue weighted by molar-refractivity contribution is 7.21. The van der Waals surface area contributed by atoms with Gasteiger partial charge < -0.3 is 10.1 Å². The van der Waals surface area contributed by atoms with Crippen LogP contribution in [0.5, 0.6) is 0 Å². The van der Waals surface area contributed by atoms with Gasteiger partial charge in [-0.3, -0.25) is 9.78 Å². The smallest absolute Gasteiger partial charge is 0.339 e. The largest absolute Gasteiger partial charge is 0.452 e. The van der Waals surface area contributed by atoms with E-state index >= 15 is 0 Å². The zero-order valence-corrected chi connectivity index (χ0v) is 16.2. The molecule has 6 nitrogen and oxygen atoms in total.